The molecule has 0 spiro atoms. The third kappa shape index (κ3) is 7.90. The maximum Gasteiger partial charge on any atom is 0.251 e. The lowest BCUT2D eigenvalue weighted by molar-refractivity contribution is 0.0952. The molecule has 0 bridgehead atoms. The van der Waals surface area contributed by atoms with E-state index in [1.165, 1.54) is 0 Å². The van der Waals surface area contributed by atoms with Gasteiger partial charge in [0.05, 0.1) is 5.69 Å². The monoisotopic (exact) mass is 439 g/mol. The highest BCUT2D eigenvalue weighted by atomic mass is 16.1. The zero-order chi connectivity index (χ0) is 24.1. The van der Waals surface area contributed by atoms with E-state index in [9.17, 15) is 4.79 Å². The lowest BCUT2D eigenvalue weighted by atomic mass is 10.1. The molecular formula is C29H33N3O. The maximum atomic E-state index is 12.8. The molecule has 2 aromatic rings. The van der Waals surface area contributed by atoms with Crippen LogP contribution in [0.5, 0.6) is 0 Å². The molecule has 0 saturated carbocycles. The van der Waals surface area contributed by atoms with Crippen LogP contribution in [0.15, 0.2) is 98.1 Å². The van der Waals surface area contributed by atoms with Crippen LogP contribution in [0, 0.1) is 11.8 Å². The summed E-state index contributed by atoms with van der Waals surface area (Å²) in [6, 6.07) is 15.4. The maximum absolute atomic E-state index is 12.8. The Hall–Kier alpha value is -3.97. The van der Waals surface area contributed by atoms with Crippen LogP contribution in [0.2, 0.25) is 0 Å². The number of nitrogens with one attached hydrogen (secondary N) is 1. The summed E-state index contributed by atoms with van der Waals surface area (Å²) in [6.45, 7) is 15.1. The van der Waals surface area contributed by atoms with Crippen molar-refractivity contribution < 1.29 is 4.79 Å². The van der Waals surface area contributed by atoms with Crippen molar-refractivity contribution in [3.8, 4) is 11.8 Å². The van der Waals surface area contributed by atoms with Gasteiger partial charge in [0.1, 0.15) is 0 Å². The predicted molar refractivity (Wildman–Crippen MR) is 140 cm³/mol. The fourth-order valence-corrected chi connectivity index (χ4v) is 3.19. The molecule has 0 saturated heterocycles. The summed E-state index contributed by atoms with van der Waals surface area (Å²) in [5, 5.41) is 3.00. The third-order valence-corrected chi connectivity index (χ3v) is 4.80. The van der Waals surface area contributed by atoms with Gasteiger partial charge < -0.3 is 15.1 Å². The van der Waals surface area contributed by atoms with E-state index < -0.39 is 0 Å². The molecule has 1 amide bonds. The zero-order valence-electron chi connectivity index (χ0n) is 19.8. The van der Waals surface area contributed by atoms with Crippen molar-refractivity contribution in [1.82, 2.24) is 10.2 Å². The molecule has 0 atom stereocenters. The number of carbonyl (C=O) groups is 1. The van der Waals surface area contributed by atoms with Crippen LogP contribution in [0.25, 0.3) is 0 Å². The average Bonchev–Trinajstić information content (AvgIpc) is 2.83. The Bertz CT molecular complexity index is 1070. The van der Waals surface area contributed by atoms with Crippen LogP contribution in [0.1, 0.15) is 48.7 Å². The van der Waals surface area contributed by atoms with E-state index in [2.05, 4.69) is 30.3 Å². The summed E-state index contributed by atoms with van der Waals surface area (Å²) in [4.78, 5) is 16.8. The normalized spacial score (nSPS) is 10.5. The van der Waals surface area contributed by atoms with Gasteiger partial charge in [-0.2, -0.15) is 0 Å². The van der Waals surface area contributed by atoms with Crippen LogP contribution < -0.4 is 10.2 Å². The SMILES string of the molecule is C=CN(/C=C\C)CCCNC(=O)c1ccc(N(/C=C\C)C(=C)C)c(C#Cc2ccccc2)c1. The van der Waals surface area contributed by atoms with Gasteiger partial charge in [0.25, 0.3) is 5.91 Å². The second-order valence-electron chi connectivity index (χ2n) is 7.45. The molecule has 0 aliphatic heterocycles. The summed E-state index contributed by atoms with van der Waals surface area (Å²) >= 11 is 0. The summed E-state index contributed by atoms with van der Waals surface area (Å²) in [5.41, 5.74) is 4.00. The highest BCUT2D eigenvalue weighted by molar-refractivity contribution is 5.95. The molecular weight excluding hydrogens is 406 g/mol. The minimum Gasteiger partial charge on any atom is -0.355 e. The molecule has 4 nitrogen and oxygen atoms in total. The number of carbonyl (C=O) groups excluding carboxylic acids is 1. The van der Waals surface area contributed by atoms with Gasteiger partial charge >= 0.3 is 0 Å². The predicted octanol–water partition coefficient (Wildman–Crippen LogP) is 6.06. The number of benzene rings is 2. The van der Waals surface area contributed by atoms with Gasteiger partial charge in [0.2, 0.25) is 0 Å². The minimum atomic E-state index is -0.117. The fourth-order valence-electron chi connectivity index (χ4n) is 3.19. The number of anilines is 1. The van der Waals surface area contributed by atoms with Gasteiger partial charge in [-0.25, -0.2) is 0 Å². The van der Waals surface area contributed by atoms with Gasteiger partial charge in [-0.3, -0.25) is 4.79 Å². The van der Waals surface area contributed by atoms with Crippen molar-refractivity contribution in [2.45, 2.75) is 27.2 Å². The standard InChI is InChI=1S/C29H33N3O/c1-6-20-31(8-3)22-12-19-30-29(33)27-17-18-28(32(21-7-2)24(4)5)26(23-27)16-15-25-13-10-9-11-14-25/h6-11,13-14,17-18,20-21,23H,3-4,12,19,22H2,1-2,5H3,(H,30,33)/b20-6-,21-7-. The van der Waals surface area contributed by atoms with Crippen LogP contribution in [0.3, 0.4) is 0 Å². The van der Waals surface area contributed by atoms with Crippen molar-refractivity contribution in [3.05, 3.63) is 115 Å². The Labute approximate surface area is 198 Å². The lowest BCUT2D eigenvalue weighted by Crippen LogP contribution is -2.27. The number of amides is 1. The van der Waals surface area contributed by atoms with Gasteiger partial charge in [0.15, 0.2) is 0 Å². The van der Waals surface area contributed by atoms with E-state index in [0.717, 1.165) is 35.5 Å². The Balaban J connectivity index is 2.26. The molecule has 170 valence electrons. The van der Waals surface area contributed by atoms with Crippen molar-refractivity contribution in [2.24, 2.45) is 0 Å². The highest BCUT2D eigenvalue weighted by Gasteiger charge is 2.13. The largest absolute Gasteiger partial charge is 0.355 e. The zero-order valence-corrected chi connectivity index (χ0v) is 19.8. The summed E-state index contributed by atoms with van der Waals surface area (Å²) < 4.78 is 0. The molecule has 0 aliphatic carbocycles. The van der Waals surface area contributed by atoms with Crippen LogP contribution in [0.4, 0.5) is 5.69 Å². The quantitative estimate of drug-likeness (QED) is 0.361. The van der Waals surface area contributed by atoms with Crippen molar-refractivity contribution in [1.29, 1.82) is 0 Å². The Morgan fingerprint density at radius 1 is 1.06 bits per heavy atom. The van der Waals surface area contributed by atoms with Gasteiger partial charge in [-0.15, -0.1) is 0 Å². The Morgan fingerprint density at radius 3 is 2.42 bits per heavy atom. The van der Waals surface area contributed by atoms with E-state index in [1.54, 1.807) is 6.20 Å². The number of hydrogen-bond acceptors (Lipinski definition) is 3. The first-order valence-electron chi connectivity index (χ1n) is 11.1. The van der Waals surface area contributed by atoms with Gasteiger partial charge in [-0.05, 0) is 69.9 Å². The van der Waals surface area contributed by atoms with Crippen molar-refractivity contribution >= 4 is 11.6 Å². The highest BCUT2D eigenvalue weighted by Crippen LogP contribution is 2.25. The summed E-state index contributed by atoms with van der Waals surface area (Å²) in [7, 11) is 0. The molecule has 0 fully saturated rings. The van der Waals surface area contributed by atoms with Crippen molar-refractivity contribution in [2.75, 3.05) is 18.0 Å². The first-order valence-corrected chi connectivity index (χ1v) is 11.1. The molecule has 33 heavy (non-hydrogen) atoms. The van der Waals surface area contributed by atoms with E-state index in [4.69, 9.17) is 0 Å². The number of nitrogens with zero attached hydrogens (tertiary/aromatic N) is 2. The Morgan fingerprint density at radius 2 is 1.79 bits per heavy atom. The second kappa shape index (κ2) is 13.4. The Kier molecular flexibility index (Phi) is 10.3. The first-order chi connectivity index (χ1) is 16.0. The van der Waals surface area contributed by atoms with E-state index >= 15 is 0 Å². The van der Waals surface area contributed by atoms with Gasteiger partial charge in [-0.1, -0.05) is 55.3 Å². The molecule has 0 heterocycles. The van der Waals surface area contributed by atoms with E-state index in [1.807, 2.05) is 104 Å². The van der Waals surface area contributed by atoms with Crippen LogP contribution in [-0.4, -0.2) is 23.9 Å². The van der Waals surface area contributed by atoms with Gasteiger partial charge in [0, 0.05) is 41.7 Å². The first kappa shape index (κ1) is 25.3. The number of hydrogen-bond donors (Lipinski definition) is 1. The molecule has 2 aromatic carbocycles. The van der Waals surface area contributed by atoms with Crippen molar-refractivity contribution in [3.63, 3.8) is 0 Å². The molecule has 0 unspecified atom stereocenters. The molecule has 0 aromatic heterocycles. The molecule has 1 N–H and O–H groups in total. The average molecular weight is 440 g/mol. The fraction of sp³-hybridized carbons (Fsp3) is 0.207. The summed E-state index contributed by atoms with van der Waals surface area (Å²) in [6.07, 6.45) is 10.4. The molecule has 0 radical (unpaired) electrons. The third-order valence-electron chi connectivity index (χ3n) is 4.80. The second-order valence-corrected chi connectivity index (χ2v) is 7.45. The summed E-state index contributed by atoms with van der Waals surface area (Å²) in [5.74, 6) is 6.34. The van der Waals surface area contributed by atoms with E-state index in [-0.39, 0.29) is 5.91 Å². The minimum absolute atomic E-state index is 0.117. The molecule has 0 aliphatic rings. The smallest absolute Gasteiger partial charge is 0.251 e. The van der Waals surface area contributed by atoms with E-state index in [0.29, 0.717) is 12.1 Å². The van der Waals surface area contributed by atoms with Crippen LogP contribution in [-0.2, 0) is 0 Å². The number of allylic oxidation sites excluding steroid dienone is 3. The number of rotatable bonds is 10. The van der Waals surface area contributed by atoms with Crippen LogP contribution >= 0.6 is 0 Å². The topological polar surface area (TPSA) is 35.6 Å². The molecule has 2 rings (SSSR count). The molecule has 4 heteroatoms. The lowest BCUT2D eigenvalue weighted by Gasteiger charge is -2.22.